The molecule has 0 spiro atoms. The van der Waals surface area contributed by atoms with Gasteiger partial charge < -0.3 is 20.3 Å². The SMILES string of the molecule is CCNC(=NCc1ccc(N2CCOCC2)cc1)NCc1ccc(C)cc1.I. The molecule has 0 saturated carbocycles. The molecule has 6 heteroatoms. The van der Waals surface area contributed by atoms with E-state index in [1.807, 2.05) is 0 Å². The highest BCUT2D eigenvalue weighted by Crippen LogP contribution is 2.17. The van der Waals surface area contributed by atoms with Gasteiger partial charge in [0, 0.05) is 31.9 Å². The Morgan fingerprint density at radius 3 is 2.25 bits per heavy atom. The van der Waals surface area contributed by atoms with E-state index in [2.05, 4.69) is 77.9 Å². The number of aryl methyl sites for hydroxylation is 1. The molecule has 1 fully saturated rings. The van der Waals surface area contributed by atoms with E-state index in [0.717, 1.165) is 45.4 Å². The molecular formula is C22H31IN4O. The van der Waals surface area contributed by atoms with E-state index in [4.69, 9.17) is 9.73 Å². The standard InChI is InChI=1S/C22H30N4O.HI/c1-3-23-22(24-16-19-6-4-18(2)5-7-19)25-17-20-8-10-21(11-9-20)26-12-14-27-15-13-26;/h4-11H,3,12-17H2,1-2H3,(H2,23,24,25);1H. The lowest BCUT2D eigenvalue weighted by Crippen LogP contribution is -2.36. The predicted molar refractivity (Wildman–Crippen MR) is 128 cm³/mol. The monoisotopic (exact) mass is 494 g/mol. The molecule has 2 aromatic carbocycles. The molecule has 0 bridgehead atoms. The summed E-state index contributed by atoms with van der Waals surface area (Å²) in [6.45, 7) is 10.0. The Morgan fingerprint density at radius 2 is 1.61 bits per heavy atom. The number of hydrogen-bond acceptors (Lipinski definition) is 3. The molecule has 0 amide bonds. The molecular weight excluding hydrogens is 463 g/mol. The lowest BCUT2D eigenvalue weighted by atomic mass is 10.1. The molecule has 28 heavy (non-hydrogen) atoms. The van der Waals surface area contributed by atoms with Crippen molar-refractivity contribution in [3.8, 4) is 0 Å². The van der Waals surface area contributed by atoms with E-state index in [1.165, 1.54) is 22.4 Å². The highest BCUT2D eigenvalue weighted by atomic mass is 127. The summed E-state index contributed by atoms with van der Waals surface area (Å²) in [5.41, 5.74) is 5.00. The smallest absolute Gasteiger partial charge is 0.191 e. The fourth-order valence-corrected chi connectivity index (χ4v) is 3.04. The van der Waals surface area contributed by atoms with Crippen LogP contribution >= 0.6 is 24.0 Å². The Bertz CT molecular complexity index is 725. The van der Waals surface area contributed by atoms with Crippen molar-refractivity contribution in [3.05, 3.63) is 65.2 Å². The topological polar surface area (TPSA) is 48.9 Å². The van der Waals surface area contributed by atoms with E-state index in [9.17, 15) is 0 Å². The van der Waals surface area contributed by atoms with Crippen molar-refractivity contribution in [2.75, 3.05) is 37.7 Å². The zero-order valence-corrected chi connectivity index (χ0v) is 19.1. The van der Waals surface area contributed by atoms with Crippen LogP contribution in [0, 0.1) is 6.92 Å². The summed E-state index contributed by atoms with van der Waals surface area (Å²) in [6.07, 6.45) is 0. The van der Waals surface area contributed by atoms with Crippen LogP contribution in [0.15, 0.2) is 53.5 Å². The van der Waals surface area contributed by atoms with E-state index in [0.29, 0.717) is 6.54 Å². The molecule has 0 aliphatic carbocycles. The average molecular weight is 494 g/mol. The summed E-state index contributed by atoms with van der Waals surface area (Å²) >= 11 is 0. The number of benzene rings is 2. The number of nitrogens with zero attached hydrogens (tertiary/aromatic N) is 2. The van der Waals surface area contributed by atoms with Gasteiger partial charge in [0.25, 0.3) is 0 Å². The molecule has 152 valence electrons. The van der Waals surface area contributed by atoms with Gasteiger partial charge in [0.2, 0.25) is 0 Å². The molecule has 1 aliphatic heterocycles. The van der Waals surface area contributed by atoms with Crippen molar-refractivity contribution in [1.82, 2.24) is 10.6 Å². The van der Waals surface area contributed by atoms with Gasteiger partial charge in [-0.2, -0.15) is 0 Å². The molecule has 0 atom stereocenters. The molecule has 5 nitrogen and oxygen atoms in total. The Kier molecular flexibility index (Phi) is 9.57. The second-order valence-electron chi connectivity index (χ2n) is 6.80. The van der Waals surface area contributed by atoms with Crippen LogP contribution in [0.4, 0.5) is 5.69 Å². The minimum Gasteiger partial charge on any atom is -0.378 e. The van der Waals surface area contributed by atoms with Crippen LogP contribution in [0.25, 0.3) is 0 Å². The van der Waals surface area contributed by atoms with E-state index >= 15 is 0 Å². The number of anilines is 1. The predicted octanol–water partition coefficient (Wildman–Crippen LogP) is 3.70. The number of morpholine rings is 1. The normalized spacial score (nSPS) is 14.4. The van der Waals surface area contributed by atoms with Gasteiger partial charge in [-0.05, 0) is 37.1 Å². The molecule has 1 saturated heterocycles. The summed E-state index contributed by atoms with van der Waals surface area (Å²) in [4.78, 5) is 7.08. The largest absolute Gasteiger partial charge is 0.378 e. The minimum absolute atomic E-state index is 0. The van der Waals surface area contributed by atoms with Gasteiger partial charge in [0.05, 0.1) is 19.8 Å². The Hall–Kier alpha value is -1.80. The first kappa shape index (κ1) is 22.5. The van der Waals surface area contributed by atoms with Gasteiger partial charge in [0.1, 0.15) is 0 Å². The van der Waals surface area contributed by atoms with Gasteiger partial charge in [-0.3, -0.25) is 0 Å². The van der Waals surface area contributed by atoms with Crippen molar-refractivity contribution >= 4 is 35.6 Å². The average Bonchev–Trinajstić information content (AvgIpc) is 2.72. The lowest BCUT2D eigenvalue weighted by Gasteiger charge is -2.28. The molecule has 0 radical (unpaired) electrons. The number of ether oxygens (including phenoxy) is 1. The van der Waals surface area contributed by atoms with Crippen LogP contribution in [-0.2, 0) is 17.8 Å². The molecule has 1 heterocycles. The van der Waals surface area contributed by atoms with Gasteiger partial charge in [0.15, 0.2) is 5.96 Å². The molecule has 1 aliphatic rings. The Balaban J connectivity index is 0.00000280. The van der Waals surface area contributed by atoms with Crippen LogP contribution < -0.4 is 15.5 Å². The van der Waals surface area contributed by atoms with Gasteiger partial charge >= 0.3 is 0 Å². The van der Waals surface area contributed by atoms with E-state index < -0.39 is 0 Å². The van der Waals surface area contributed by atoms with Crippen molar-refractivity contribution in [1.29, 1.82) is 0 Å². The van der Waals surface area contributed by atoms with E-state index in [-0.39, 0.29) is 24.0 Å². The summed E-state index contributed by atoms with van der Waals surface area (Å²) in [5.74, 6) is 0.843. The summed E-state index contributed by atoms with van der Waals surface area (Å²) in [6, 6.07) is 17.3. The van der Waals surface area contributed by atoms with Crippen molar-refractivity contribution in [2.45, 2.75) is 26.9 Å². The van der Waals surface area contributed by atoms with Gasteiger partial charge in [-0.15, -0.1) is 24.0 Å². The number of guanidine groups is 1. The molecule has 2 N–H and O–H groups in total. The first-order chi connectivity index (χ1) is 13.2. The third-order valence-electron chi connectivity index (χ3n) is 4.66. The Labute approximate surface area is 185 Å². The first-order valence-electron chi connectivity index (χ1n) is 9.74. The summed E-state index contributed by atoms with van der Waals surface area (Å²) in [7, 11) is 0. The summed E-state index contributed by atoms with van der Waals surface area (Å²) in [5, 5.41) is 6.72. The minimum atomic E-state index is 0. The Morgan fingerprint density at radius 1 is 0.964 bits per heavy atom. The highest BCUT2D eigenvalue weighted by Gasteiger charge is 2.10. The van der Waals surface area contributed by atoms with Gasteiger partial charge in [-0.1, -0.05) is 42.0 Å². The maximum Gasteiger partial charge on any atom is 0.191 e. The maximum atomic E-state index is 5.42. The molecule has 0 aromatic heterocycles. The zero-order chi connectivity index (χ0) is 18.9. The van der Waals surface area contributed by atoms with Crippen molar-refractivity contribution in [2.24, 2.45) is 4.99 Å². The van der Waals surface area contributed by atoms with Crippen LogP contribution in [-0.4, -0.2) is 38.8 Å². The number of aliphatic imine (C=N–C) groups is 1. The van der Waals surface area contributed by atoms with Crippen molar-refractivity contribution in [3.63, 3.8) is 0 Å². The van der Waals surface area contributed by atoms with Crippen LogP contribution in [0.2, 0.25) is 0 Å². The third-order valence-corrected chi connectivity index (χ3v) is 4.66. The molecule has 2 aromatic rings. The highest BCUT2D eigenvalue weighted by molar-refractivity contribution is 14.0. The molecule has 3 rings (SSSR count). The fraction of sp³-hybridized carbons (Fsp3) is 0.409. The quantitative estimate of drug-likeness (QED) is 0.366. The molecule has 0 unspecified atom stereocenters. The van der Waals surface area contributed by atoms with E-state index in [1.54, 1.807) is 0 Å². The fourth-order valence-electron chi connectivity index (χ4n) is 3.04. The zero-order valence-electron chi connectivity index (χ0n) is 16.8. The number of rotatable bonds is 6. The number of halogens is 1. The maximum absolute atomic E-state index is 5.42. The third kappa shape index (κ3) is 6.98. The van der Waals surface area contributed by atoms with Crippen LogP contribution in [0.5, 0.6) is 0 Å². The van der Waals surface area contributed by atoms with Crippen LogP contribution in [0.3, 0.4) is 0 Å². The number of hydrogen-bond donors (Lipinski definition) is 2. The second-order valence-corrected chi connectivity index (χ2v) is 6.80. The first-order valence-corrected chi connectivity index (χ1v) is 9.74. The van der Waals surface area contributed by atoms with Crippen LogP contribution in [0.1, 0.15) is 23.6 Å². The summed E-state index contributed by atoms with van der Waals surface area (Å²) < 4.78 is 5.42. The van der Waals surface area contributed by atoms with Gasteiger partial charge in [-0.25, -0.2) is 4.99 Å². The van der Waals surface area contributed by atoms with Crippen molar-refractivity contribution < 1.29 is 4.74 Å². The lowest BCUT2D eigenvalue weighted by molar-refractivity contribution is 0.122. The second kappa shape index (κ2) is 11.9. The number of nitrogens with one attached hydrogen (secondary N) is 2.